The van der Waals surface area contributed by atoms with Gasteiger partial charge in [-0.3, -0.25) is 9.82 Å². The molecule has 0 atom stereocenters. The summed E-state index contributed by atoms with van der Waals surface area (Å²) in [6.45, 7) is 8.55. The fourth-order valence-corrected chi connectivity index (χ4v) is 4.12. The second-order valence-electron chi connectivity index (χ2n) is 7.80. The Bertz CT molecular complexity index is 1160. The van der Waals surface area contributed by atoms with Crippen LogP contribution in [-0.2, 0) is 21.3 Å². The first-order chi connectivity index (χ1) is 14.4. The van der Waals surface area contributed by atoms with Gasteiger partial charge in [-0.1, -0.05) is 5.16 Å². The van der Waals surface area contributed by atoms with Crippen LogP contribution >= 0.6 is 0 Å². The lowest BCUT2D eigenvalue weighted by molar-refractivity contribution is 0.0522. The largest absolute Gasteiger partial charge is 0.444 e. The van der Waals surface area contributed by atoms with Crippen molar-refractivity contribution in [2.45, 2.75) is 51.7 Å². The zero-order chi connectivity index (χ0) is 22.8. The van der Waals surface area contributed by atoms with E-state index in [0.717, 1.165) is 0 Å². The van der Waals surface area contributed by atoms with Crippen LogP contribution < -0.4 is 10.0 Å². The molecular weight excluding hydrogens is 424 g/mol. The Morgan fingerprint density at radius 2 is 1.87 bits per heavy atom. The maximum Gasteiger partial charge on any atom is 0.408 e. The van der Waals surface area contributed by atoms with Crippen LogP contribution in [0.3, 0.4) is 0 Å². The van der Waals surface area contributed by atoms with Gasteiger partial charge in [-0.25, -0.2) is 18.2 Å². The molecule has 3 aromatic rings. The van der Waals surface area contributed by atoms with Crippen molar-refractivity contribution in [2.75, 3.05) is 4.72 Å². The van der Waals surface area contributed by atoms with E-state index in [1.165, 1.54) is 6.92 Å². The molecule has 0 bridgehead atoms. The highest BCUT2D eigenvalue weighted by Gasteiger charge is 2.24. The first kappa shape index (κ1) is 22.3. The molecule has 0 unspecified atom stereocenters. The number of alkyl carbamates (subject to hydrolysis) is 1. The van der Waals surface area contributed by atoms with Gasteiger partial charge in [0.15, 0.2) is 16.5 Å². The number of aromatic nitrogens is 4. The molecule has 1 amide bonds. The van der Waals surface area contributed by atoms with Gasteiger partial charge in [0.1, 0.15) is 17.1 Å². The predicted octanol–water partition coefficient (Wildman–Crippen LogP) is 2.90. The smallest absolute Gasteiger partial charge is 0.408 e. The second-order valence-corrected chi connectivity index (χ2v) is 9.42. The number of aryl methyl sites for hydroxylation is 2. The highest BCUT2D eigenvalue weighted by atomic mass is 32.2. The number of rotatable bonds is 6. The third-order valence-corrected chi connectivity index (χ3v) is 5.59. The number of nitrogens with zero attached hydrogens (tertiary/aromatic N) is 3. The standard InChI is InChI=1S/C19H24N6O5S/c1-11-16(12(2)30-24-11)31(27,28)25-14-8-6-13(7-9-14)17-21-15(22-23-17)10-20-18(26)29-19(3,4)5/h6-9,25H,10H2,1-5H3,(H,20,26)(H,21,22,23). The summed E-state index contributed by atoms with van der Waals surface area (Å²) in [5, 5.41) is 13.1. The molecule has 11 nitrogen and oxygen atoms in total. The molecule has 0 saturated heterocycles. The van der Waals surface area contributed by atoms with Gasteiger partial charge in [-0.2, -0.15) is 5.10 Å². The van der Waals surface area contributed by atoms with E-state index in [2.05, 4.69) is 30.4 Å². The Morgan fingerprint density at radius 1 is 1.19 bits per heavy atom. The van der Waals surface area contributed by atoms with Crippen LogP contribution in [0.1, 0.15) is 38.0 Å². The van der Waals surface area contributed by atoms with E-state index in [1.807, 2.05) is 0 Å². The van der Waals surface area contributed by atoms with Crippen LogP contribution in [0.2, 0.25) is 0 Å². The molecule has 31 heavy (non-hydrogen) atoms. The fourth-order valence-electron chi connectivity index (χ4n) is 2.73. The molecule has 3 N–H and O–H groups in total. The average Bonchev–Trinajstić information content (AvgIpc) is 3.25. The molecule has 3 rings (SSSR count). The van der Waals surface area contributed by atoms with Crippen LogP contribution in [0.25, 0.3) is 11.4 Å². The van der Waals surface area contributed by atoms with Gasteiger partial charge in [0.05, 0.1) is 6.54 Å². The highest BCUT2D eigenvalue weighted by molar-refractivity contribution is 7.92. The Hall–Kier alpha value is -3.41. The predicted molar refractivity (Wildman–Crippen MR) is 112 cm³/mol. The van der Waals surface area contributed by atoms with E-state index in [9.17, 15) is 13.2 Å². The number of anilines is 1. The van der Waals surface area contributed by atoms with E-state index < -0.39 is 21.7 Å². The van der Waals surface area contributed by atoms with Gasteiger partial charge in [-0.15, -0.1) is 0 Å². The van der Waals surface area contributed by atoms with E-state index in [0.29, 0.717) is 22.9 Å². The van der Waals surface area contributed by atoms with Crippen molar-refractivity contribution >= 4 is 21.8 Å². The van der Waals surface area contributed by atoms with Crippen LogP contribution in [0.4, 0.5) is 10.5 Å². The van der Waals surface area contributed by atoms with Gasteiger partial charge < -0.3 is 14.6 Å². The summed E-state index contributed by atoms with van der Waals surface area (Å²) in [6, 6.07) is 6.55. The van der Waals surface area contributed by atoms with Crippen LogP contribution in [0, 0.1) is 13.8 Å². The van der Waals surface area contributed by atoms with E-state index in [-0.39, 0.29) is 22.9 Å². The van der Waals surface area contributed by atoms with Crippen molar-refractivity contribution in [1.29, 1.82) is 0 Å². The van der Waals surface area contributed by atoms with Crippen molar-refractivity contribution in [3.8, 4) is 11.4 Å². The number of benzene rings is 1. The van der Waals surface area contributed by atoms with E-state index in [1.54, 1.807) is 52.0 Å². The molecule has 0 fully saturated rings. The molecule has 0 aliphatic carbocycles. The Morgan fingerprint density at radius 3 is 2.45 bits per heavy atom. The topological polar surface area (TPSA) is 152 Å². The third kappa shape index (κ3) is 5.60. The first-order valence-corrected chi connectivity index (χ1v) is 10.9. The van der Waals surface area contributed by atoms with E-state index in [4.69, 9.17) is 9.26 Å². The summed E-state index contributed by atoms with van der Waals surface area (Å²) in [6.07, 6.45) is -0.555. The molecule has 0 radical (unpaired) electrons. The number of hydrogen-bond acceptors (Lipinski definition) is 8. The number of amides is 1. The van der Waals surface area contributed by atoms with Crippen molar-refractivity contribution in [3.63, 3.8) is 0 Å². The van der Waals surface area contributed by atoms with Crippen molar-refractivity contribution in [2.24, 2.45) is 0 Å². The lowest BCUT2D eigenvalue weighted by Gasteiger charge is -2.19. The minimum atomic E-state index is -3.83. The van der Waals surface area contributed by atoms with Crippen molar-refractivity contribution < 1.29 is 22.5 Å². The maximum absolute atomic E-state index is 12.6. The van der Waals surface area contributed by atoms with Crippen LogP contribution in [0.15, 0.2) is 33.7 Å². The van der Waals surface area contributed by atoms with Gasteiger partial charge >= 0.3 is 6.09 Å². The molecule has 1 aromatic carbocycles. The van der Waals surface area contributed by atoms with Gasteiger partial charge in [0, 0.05) is 11.3 Å². The number of ether oxygens (including phenoxy) is 1. The molecule has 0 spiro atoms. The molecular formula is C19H24N6O5S. The maximum atomic E-state index is 12.6. The minimum absolute atomic E-state index is 0.0210. The monoisotopic (exact) mass is 448 g/mol. The Kier molecular flexibility index (Phi) is 6.02. The van der Waals surface area contributed by atoms with Gasteiger partial charge in [0.25, 0.3) is 10.0 Å². The molecule has 0 aliphatic heterocycles. The van der Waals surface area contributed by atoms with Gasteiger partial charge in [0.2, 0.25) is 0 Å². The zero-order valence-electron chi connectivity index (χ0n) is 17.8. The molecule has 0 saturated carbocycles. The SMILES string of the molecule is Cc1noc(C)c1S(=O)(=O)Nc1ccc(-c2n[nH]c(CNC(=O)OC(C)(C)C)n2)cc1. The first-order valence-electron chi connectivity index (χ1n) is 9.39. The fraction of sp³-hybridized carbons (Fsp3) is 0.368. The van der Waals surface area contributed by atoms with Gasteiger partial charge in [-0.05, 0) is 58.9 Å². The summed E-state index contributed by atoms with van der Waals surface area (Å²) < 4.78 is 37.8. The van der Waals surface area contributed by atoms with E-state index >= 15 is 0 Å². The lowest BCUT2D eigenvalue weighted by Crippen LogP contribution is -2.32. The number of carbonyl (C=O) groups excluding carboxylic acids is 1. The molecule has 0 aliphatic rings. The molecule has 12 heteroatoms. The normalized spacial score (nSPS) is 11.9. The minimum Gasteiger partial charge on any atom is -0.444 e. The molecule has 2 aromatic heterocycles. The summed E-state index contributed by atoms with van der Waals surface area (Å²) in [5.74, 6) is 1.07. The number of hydrogen-bond donors (Lipinski definition) is 3. The summed E-state index contributed by atoms with van der Waals surface area (Å²) >= 11 is 0. The summed E-state index contributed by atoms with van der Waals surface area (Å²) in [7, 11) is -3.83. The lowest BCUT2D eigenvalue weighted by atomic mass is 10.2. The number of H-pyrrole nitrogens is 1. The Labute approximate surface area is 179 Å². The summed E-state index contributed by atoms with van der Waals surface area (Å²) in [4.78, 5) is 16.1. The van der Waals surface area contributed by atoms with Crippen molar-refractivity contribution in [3.05, 3.63) is 41.5 Å². The van der Waals surface area contributed by atoms with Crippen LogP contribution in [-0.4, -0.2) is 40.5 Å². The number of aromatic amines is 1. The second kappa shape index (κ2) is 8.38. The average molecular weight is 449 g/mol. The quantitative estimate of drug-likeness (QED) is 0.520. The zero-order valence-corrected chi connectivity index (χ0v) is 18.6. The Balaban J connectivity index is 1.65. The number of sulfonamides is 1. The van der Waals surface area contributed by atoms with Crippen LogP contribution in [0.5, 0.6) is 0 Å². The third-order valence-electron chi connectivity index (χ3n) is 3.96. The molecule has 166 valence electrons. The number of carbonyl (C=O) groups is 1. The molecule has 2 heterocycles. The summed E-state index contributed by atoms with van der Waals surface area (Å²) in [5.41, 5.74) is 0.729. The highest BCUT2D eigenvalue weighted by Crippen LogP contribution is 2.24. The number of nitrogens with one attached hydrogen (secondary N) is 3. The van der Waals surface area contributed by atoms with Crippen molar-refractivity contribution in [1.82, 2.24) is 25.7 Å².